The maximum Gasteiger partial charge on any atom is 0.333 e. The Balaban J connectivity index is 1.23. The first-order valence-electron chi connectivity index (χ1n) is 25.3. The molecule has 11 aromatic rings. The van der Waals surface area contributed by atoms with Gasteiger partial charge in [-0.2, -0.15) is 0 Å². The normalized spacial score (nSPS) is 13.4. The van der Waals surface area contributed by atoms with Gasteiger partial charge in [-0.25, -0.2) is 0 Å². The molecule has 0 fully saturated rings. The molecule has 71 heavy (non-hydrogen) atoms. The second-order valence-electron chi connectivity index (χ2n) is 23.0. The predicted molar refractivity (Wildman–Crippen MR) is 303 cm³/mol. The highest BCUT2D eigenvalue weighted by Gasteiger charge is 2.45. The first-order valence-corrected chi connectivity index (χ1v) is 25.3. The number of fused-ring (bicyclic) bond motifs is 11. The summed E-state index contributed by atoms with van der Waals surface area (Å²) in [5, 5.41) is 4.90. The molecule has 0 atom stereocenters. The second-order valence-corrected chi connectivity index (χ2v) is 23.0. The average molecular weight is 920 g/mol. The molecule has 0 amide bonds. The summed E-state index contributed by atoms with van der Waals surface area (Å²) >= 11 is 0. The van der Waals surface area contributed by atoms with Gasteiger partial charge in [0.1, 0.15) is 11.2 Å². The smallest absolute Gasteiger partial charge is 0.333 e. The minimum atomic E-state index is -0.194. The first kappa shape index (κ1) is 43.3. The summed E-state index contributed by atoms with van der Waals surface area (Å²) in [6.45, 7) is 20.8. The molecule has 2 aliphatic heterocycles. The Morgan fingerprint density at radius 2 is 1.01 bits per heavy atom. The van der Waals surface area contributed by atoms with Crippen LogP contribution >= 0.6 is 0 Å². The van der Waals surface area contributed by atoms with Crippen molar-refractivity contribution in [1.29, 1.82) is 0 Å². The predicted octanol–water partition coefficient (Wildman–Crippen LogP) is 17.1. The Hall–Kier alpha value is -7.76. The molecule has 0 aliphatic carbocycles. The lowest BCUT2D eigenvalue weighted by Crippen LogP contribution is -2.56. The van der Waals surface area contributed by atoms with Crippen LogP contribution in [0.25, 0.3) is 66.0 Å². The highest BCUT2D eigenvalue weighted by Crippen LogP contribution is 2.53. The number of hydrogen-bond acceptors (Lipinski definition) is 3. The fourth-order valence-corrected chi connectivity index (χ4v) is 11.7. The number of furan rings is 1. The van der Waals surface area contributed by atoms with Crippen molar-refractivity contribution in [2.75, 3.05) is 9.80 Å². The Kier molecular flexibility index (Phi) is 9.37. The SMILES string of the molecule is CC(C)(C)c1ccc(N2c3ccc(N(c4ccccc4)c4ccccc4)cc3B3c4c2cc2oc5ccccc5c2c4-c2cc(C(C)(C)C)cc4c5cc(C(C)(C)C)ccc5n3c24)c(-c2ccccc2)c1. The summed E-state index contributed by atoms with van der Waals surface area (Å²) in [5.74, 6) is 0. The van der Waals surface area contributed by atoms with Crippen LogP contribution in [-0.4, -0.2) is 11.3 Å². The number of anilines is 6. The van der Waals surface area contributed by atoms with Crippen molar-refractivity contribution < 1.29 is 4.42 Å². The van der Waals surface area contributed by atoms with Gasteiger partial charge < -0.3 is 18.7 Å². The van der Waals surface area contributed by atoms with E-state index >= 15 is 0 Å². The van der Waals surface area contributed by atoms with Crippen molar-refractivity contribution in [3.63, 3.8) is 0 Å². The van der Waals surface area contributed by atoms with Gasteiger partial charge in [0.2, 0.25) is 0 Å². The van der Waals surface area contributed by atoms with E-state index in [0.717, 1.165) is 50.7 Å². The minimum Gasteiger partial charge on any atom is -0.456 e. The highest BCUT2D eigenvalue weighted by molar-refractivity contribution is 6.90. The molecule has 0 unspecified atom stereocenters. The summed E-state index contributed by atoms with van der Waals surface area (Å²) in [7, 11) is 0. The van der Waals surface area contributed by atoms with E-state index in [1.807, 2.05) is 0 Å². The molecule has 2 aliphatic rings. The number of aromatic nitrogens is 1. The summed E-state index contributed by atoms with van der Waals surface area (Å²) in [6, 6.07) is 70.3. The standard InChI is InChI=1S/C66H58BN3O/c1-64(2,3)42-29-32-54(49(35-42)41-21-13-10-14-22-41)69-56-34-31-47(68(45-23-15-11-16-24-45)46-25-17-12-18-26-46)39-53(56)67-62-57(69)40-59-60(48-27-19-20-28-58(48)71-59)61(62)52-38-44(66(7,8)9)37-51-50-36-43(65(4,5)6)30-33-55(50)70(67)63(51)52/h10-40H,1-9H3. The van der Waals surface area contributed by atoms with Gasteiger partial charge in [-0.1, -0.05) is 159 Å². The van der Waals surface area contributed by atoms with Crippen LogP contribution in [0.4, 0.5) is 34.1 Å². The Morgan fingerprint density at radius 3 is 1.69 bits per heavy atom. The molecule has 0 N–H and O–H groups in total. The molecule has 5 heteroatoms. The van der Waals surface area contributed by atoms with E-state index in [4.69, 9.17) is 4.42 Å². The summed E-state index contributed by atoms with van der Waals surface area (Å²) in [4.78, 5) is 4.98. The molecule has 0 saturated carbocycles. The second kappa shape index (κ2) is 15.4. The van der Waals surface area contributed by atoms with Crippen LogP contribution in [0.2, 0.25) is 0 Å². The van der Waals surface area contributed by atoms with Gasteiger partial charge in [0.25, 0.3) is 0 Å². The zero-order valence-corrected chi connectivity index (χ0v) is 42.2. The van der Waals surface area contributed by atoms with E-state index in [2.05, 4.69) is 265 Å². The highest BCUT2D eigenvalue weighted by atomic mass is 16.3. The third-order valence-electron chi connectivity index (χ3n) is 15.4. The molecule has 0 bridgehead atoms. The lowest BCUT2D eigenvalue weighted by molar-refractivity contribution is 0.590. The van der Waals surface area contributed by atoms with Crippen molar-refractivity contribution in [3.8, 4) is 22.3 Å². The molecule has 13 rings (SSSR count). The number of rotatable bonds is 5. The topological polar surface area (TPSA) is 24.6 Å². The van der Waals surface area contributed by atoms with Crippen LogP contribution in [0.1, 0.15) is 79.0 Å². The zero-order valence-electron chi connectivity index (χ0n) is 42.2. The molecule has 346 valence electrons. The van der Waals surface area contributed by atoms with Gasteiger partial charge in [-0.15, -0.1) is 0 Å². The first-order chi connectivity index (χ1) is 34.1. The van der Waals surface area contributed by atoms with E-state index in [1.165, 1.54) is 77.1 Å². The molecular weight excluding hydrogens is 862 g/mol. The quantitative estimate of drug-likeness (QED) is 0.161. The third kappa shape index (κ3) is 6.66. The number of benzene rings is 9. The van der Waals surface area contributed by atoms with E-state index in [9.17, 15) is 0 Å². The number of hydrogen-bond donors (Lipinski definition) is 0. The maximum atomic E-state index is 7.07. The summed E-state index contributed by atoms with van der Waals surface area (Å²) in [6.07, 6.45) is 0. The molecule has 0 radical (unpaired) electrons. The van der Waals surface area contributed by atoms with Crippen LogP contribution in [-0.2, 0) is 16.2 Å². The van der Waals surface area contributed by atoms with E-state index in [-0.39, 0.29) is 23.1 Å². The van der Waals surface area contributed by atoms with Gasteiger partial charge in [0.05, 0.1) is 5.69 Å². The fraction of sp³-hybridized carbons (Fsp3) is 0.182. The molecule has 0 saturated heterocycles. The lowest BCUT2D eigenvalue weighted by atomic mass is 9.44. The third-order valence-corrected chi connectivity index (χ3v) is 15.4. The van der Waals surface area contributed by atoms with E-state index in [0.29, 0.717) is 0 Å². The van der Waals surface area contributed by atoms with Crippen molar-refractivity contribution in [1.82, 2.24) is 4.48 Å². The lowest BCUT2D eigenvalue weighted by Gasteiger charge is -2.42. The van der Waals surface area contributed by atoms with Gasteiger partial charge >= 0.3 is 6.85 Å². The van der Waals surface area contributed by atoms with Crippen LogP contribution in [0.5, 0.6) is 0 Å². The molecule has 0 spiro atoms. The molecule has 4 nitrogen and oxygen atoms in total. The summed E-state index contributed by atoms with van der Waals surface area (Å²) < 4.78 is 9.79. The van der Waals surface area contributed by atoms with Gasteiger partial charge in [-0.3, -0.25) is 0 Å². The Morgan fingerprint density at radius 1 is 0.437 bits per heavy atom. The van der Waals surface area contributed by atoms with Gasteiger partial charge in [-0.05, 0) is 140 Å². The molecular formula is C66H58BN3O. The Bertz CT molecular complexity index is 3900. The molecule has 9 aromatic carbocycles. The van der Waals surface area contributed by atoms with Crippen LogP contribution in [0.3, 0.4) is 0 Å². The number of para-hydroxylation sites is 3. The maximum absolute atomic E-state index is 7.07. The van der Waals surface area contributed by atoms with Crippen molar-refractivity contribution >= 4 is 95.6 Å². The van der Waals surface area contributed by atoms with Crippen LogP contribution in [0, 0.1) is 0 Å². The van der Waals surface area contributed by atoms with E-state index in [1.54, 1.807) is 0 Å². The minimum absolute atomic E-state index is 0.0323. The molecule has 2 aromatic heterocycles. The zero-order chi connectivity index (χ0) is 48.7. The van der Waals surface area contributed by atoms with Crippen molar-refractivity contribution in [2.45, 2.75) is 78.6 Å². The Labute approximate surface area is 417 Å². The number of nitrogens with zero attached hydrogens (tertiary/aromatic N) is 3. The van der Waals surface area contributed by atoms with Crippen LogP contribution < -0.4 is 20.7 Å². The molecule has 4 heterocycles. The van der Waals surface area contributed by atoms with Crippen LogP contribution in [0.15, 0.2) is 192 Å². The largest absolute Gasteiger partial charge is 0.456 e. The van der Waals surface area contributed by atoms with Gasteiger partial charge in [0, 0.05) is 78.2 Å². The van der Waals surface area contributed by atoms with Gasteiger partial charge in [0.15, 0.2) is 0 Å². The van der Waals surface area contributed by atoms with Crippen molar-refractivity contribution in [2.24, 2.45) is 0 Å². The summed E-state index contributed by atoms with van der Waals surface area (Å²) in [5.41, 5.74) is 22.2. The average Bonchev–Trinajstić information content (AvgIpc) is 3.91. The van der Waals surface area contributed by atoms with E-state index < -0.39 is 0 Å². The van der Waals surface area contributed by atoms with Crippen molar-refractivity contribution in [3.05, 3.63) is 205 Å². The fourth-order valence-electron chi connectivity index (χ4n) is 11.7. The monoisotopic (exact) mass is 919 g/mol.